The Balaban J connectivity index is 2.29. The molecule has 21 heavy (non-hydrogen) atoms. The lowest BCUT2D eigenvalue weighted by molar-refractivity contribution is 0.342. The molecule has 0 fully saturated rings. The van der Waals surface area contributed by atoms with Crippen LogP contribution in [0.4, 0.5) is 0 Å². The fraction of sp³-hybridized carbons (Fsp3) is 0.294. The minimum atomic E-state index is 0.271. The molecule has 0 aliphatic heterocycles. The van der Waals surface area contributed by atoms with Crippen molar-refractivity contribution in [1.82, 2.24) is 4.90 Å². The zero-order valence-corrected chi connectivity index (χ0v) is 14.2. The van der Waals surface area contributed by atoms with Gasteiger partial charge in [0.1, 0.15) is 0 Å². The highest BCUT2D eigenvalue weighted by Crippen LogP contribution is 2.27. The number of likely N-dealkylation sites (N-methyl/N-ethyl adjacent to an activating group) is 1. The molecule has 0 amide bonds. The summed E-state index contributed by atoms with van der Waals surface area (Å²) in [5.41, 5.74) is 2.48. The smallest absolute Gasteiger partial charge is 0.0406 e. The van der Waals surface area contributed by atoms with Gasteiger partial charge in [0.05, 0.1) is 0 Å². The number of hydrogen-bond acceptors (Lipinski definition) is 1. The third kappa shape index (κ3) is 4.89. The molecule has 0 N–H and O–H groups in total. The van der Waals surface area contributed by atoms with Crippen LogP contribution < -0.4 is 0 Å². The highest BCUT2D eigenvalue weighted by atomic mass is 35.5. The van der Waals surface area contributed by atoms with Crippen LogP contribution in [-0.2, 0) is 0 Å². The number of benzene rings is 2. The summed E-state index contributed by atoms with van der Waals surface area (Å²) < 4.78 is 0. The van der Waals surface area contributed by atoms with Crippen molar-refractivity contribution in [2.75, 3.05) is 26.0 Å². The van der Waals surface area contributed by atoms with E-state index in [0.29, 0.717) is 5.88 Å². The second-order valence-corrected chi connectivity index (χ2v) is 6.36. The SMILES string of the molecule is CN(CCCl)CC(c1ccc(Cl)cc1)c1ccc(Cl)cc1. The number of hydrogen-bond donors (Lipinski definition) is 0. The number of rotatable bonds is 6. The summed E-state index contributed by atoms with van der Waals surface area (Å²) >= 11 is 17.8. The van der Waals surface area contributed by atoms with Gasteiger partial charge in [0.15, 0.2) is 0 Å². The van der Waals surface area contributed by atoms with Crippen LogP contribution in [0.15, 0.2) is 48.5 Å². The van der Waals surface area contributed by atoms with Crippen LogP contribution in [0.25, 0.3) is 0 Å². The van der Waals surface area contributed by atoms with Crippen molar-refractivity contribution in [1.29, 1.82) is 0 Å². The second-order valence-electron chi connectivity index (χ2n) is 5.11. The molecule has 1 nitrogen and oxygen atoms in total. The molecule has 2 rings (SSSR count). The van der Waals surface area contributed by atoms with E-state index in [1.165, 1.54) is 11.1 Å². The van der Waals surface area contributed by atoms with E-state index in [2.05, 4.69) is 36.2 Å². The maximum absolute atomic E-state index is 5.99. The van der Waals surface area contributed by atoms with Gasteiger partial charge in [0, 0.05) is 34.9 Å². The number of alkyl halides is 1. The van der Waals surface area contributed by atoms with Crippen molar-refractivity contribution in [3.05, 3.63) is 69.7 Å². The second kappa shape index (κ2) is 8.05. The third-order valence-electron chi connectivity index (χ3n) is 3.51. The van der Waals surface area contributed by atoms with Crippen molar-refractivity contribution in [3.63, 3.8) is 0 Å². The summed E-state index contributed by atoms with van der Waals surface area (Å²) in [6.07, 6.45) is 0. The van der Waals surface area contributed by atoms with Gasteiger partial charge in [0.25, 0.3) is 0 Å². The Labute approximate surface area is 141 Å². The first-order valence-electron chi connectivity index (χ1n) is 6.85. The summed E-state index contributed by atoms with van der Waals surface area (Å²) in [5.74, 6) is 0.900. The first-order valence-corrected chi connectivity index (χ1v) is 8.14. The van der Waals surface area contributed by atoms with Gasteiger partial charge in [-0.25, -0.2) is 0 Å². The molecule has 0 saturated carbocycles. The maximum Gasteiger partial charge on any atom is 0.0406 e. The molecule has 4 heteroatoms. The van der Waals surface area contributed by atoms with E-state index >= 15 is 0 Å². The van der Waals surface area contributed by atoms with E-state index in [0.717, 1.165) is 23.1 Å². The fourth-order valence-corrected chi connectivity index (χ4v) is 2.88. The maximum atomic E-state index is 5.99. The molecular formula is C17H18Cl3N. The lowest BCUT2D eigenvalue weighted by atomic mass is 9.91. The zero-order valence-electron chi connectivity index (χ0n) is 11.9. The van der Waals surface area contributed by atoms with Gasteiger partial charge in [-0.15, -0.1) is 11.6 Å². The van der Waals surface area contributed by atoms with Gasteiger partial charge in [-0.3, -0.25) is 0 Å². The predicted molar refractivity (Wildman–Crippen MR) is 93.0 cm³/mol. The quantitative estimate of drug-likeness (QED) is 0.644. The Hall–Kier alpha value is -0.730. The van der Waals surface area contributed by atoms with Crippen molar-refractivity contribution in [2.24, 2.45) is 0 Å². The minimum Gasteiger partial charge on any atom is -0.304 e. The van der Waals surface area contributed by atoms with E-state index in [4.69, 9.17) is 34.8 Å². The monoisotopic (exact) mass is 341 g/mol. The summed E-state index contributed by atoms with van der Waals surface area (Å²) in [5, 5.41) is 1.51. The van der Waals surface area contributed by atoms with Crippen molar-refractivity contribution in [2.45, 2.75) is 5.92 Å². The molecule has 0 heterocycles. The minimum absolute atomic E-state index is 0.271. The Morgan fingerprint density at radius 1 is 0.857 bits per heavy atom. The molecule has 0 aromatic heterocycles. The first-order chi connectivity index (χ1) is 10.1. The largest absolute Gasteiger partial charge is 0.304 e. The van der Waals surface area contributed by atoms with Crippen molar-refractivity contribution < 1.29 is 0 Å². The van der Waals surface area contributed by atoms with Crippen LogP contribution in [0.1, 0.15) is 17.0 Å². The normalized spacial score (nSPS) is 11.3. The summed E-state index contributed by atoms with van der Waals surface area (Å²) in [6, 6.07) is 16.0. The van der Waals surface area contributed by atoms with Crippen LogP contribution >= 0.6 is 34.8 Å². The average Bonchev–Trinajstić information content (AvgIpc) is 2.47. The van der Waals surface area contributed by atoms with E-state index in [1.54, 1.807) is 0 Å². The molecule has 2 aromatic carbocycles. The Bertz CT molecular complexity index is 506. The molecule has 0 saturated heterocycles. The standard InChI is InChI=1S/C17H18Cl3N/c1-21(11-10-18)12-17(13-2-6-15(19)7-3-13)14-4-8-16(20)9-5-14/h2-9,17H,10-12H2,1H3. The van der Waals surface area contributed by atoms with E-state index in [1.807, 2.05) is 24.3 Å². The molecule has 0 atom stereocenters. The molecule has 0 aliphatic carbocycles. The lowest BCUT2D eigenvalue weighted by Gasteiger charge is -2.24. The summed E-state index contributed by atoms with van der Waals surface area (Å²) in [4.78, 5) is 2.24. The van der Waals surface area contributed by atoms with Gasteiger partial charge < -0.3 is 4.90 Å². The van der Waals surface area contributed by atoms with Crippen LogP contribution in [0, 0.1) is 0 Å². The van der Waals surface area contributed by atoms with E-state index in [-0.39, 0.29) is 5.92 Å². The number of nitrogens with zero attached hydrogens (tertiary/aromatic N) is 1. The van der Waals surface area contributed by atoms with Crippen LogP contribution in [0.2, 0.25) is 10.0 Å². The van der Waals surface area contributed by atoms with Gasteiger partial charge in [0.2, 0.25) is 0 Å². The van der Waals surface area contributed by atoms with Gasteiger partial charge in [-0.05, 0) is 42.4 Å². The number of halogens is 3. The van der Waals surface area contributed by atoms with Crippen LogP contribution in [0.5, 0.6) is 0 Å². The Kier molecular flexibility index (Phi) is 6.38. The van der Waals surface area contributed by atoms with E-state index in [9.17, 15) is 0 Å². The molecular weight excluding hydrogens is 325 g/mol. The Morgan fingerprint density at radius 2 is 1.29 bits per heavy atom. The van der Waals surface area contributed by atoms with Crippen LogP contribution in [0.3, 0.4) is 0 Å². The summed E-state index contributed by atoms with van der Waals surface area (Å²) in [7, 11) is 2.08. The average molecular weight is 343 g/mol. The molecule has 2 aromatic rings. The van der Waals surface area contributed by atoms with E-state index < -0.39 is 0 Å². The highest BCUT2D eigenvalue weighted by Gasteiger charge is 2.16. The van der Waals surface area contributed by atoms with Gasteiger partial charge in [-0.1, -0.05) is 47.5 Å². The molecule has 0 spiro atoms. The lowest BCUT2D eigenvalue weighted by Crippen LogP contribution is -2.27. The van der Waals surface area contributed by atoms with Crippen LogP contribution in [-0.4, -0.2) is 30.9 Å². The van der Waals surface area contributed by atoms with Gasteiger partial charge in [-0.2, -0.15) is 0 Å². The first kappa shape index (κ1) is 16.6. The Morgan fingerprint density at radius 3 is 1.67 bits per heavy atom. The molecule has 0 unspecified atom stereocenters. The van der Waals surface area contributed by atoms with Crippen molar-refractivity contribution in [3.8, 4) is 0 Å². The molecule has 0 bridgehead atoms. The summed E-state index contributed by atoms with van der Waals surface area (Å²) in [6.45, 7) is 1.76. The topological polar surface area (TPSA) is 3.24 Å². The molecule has 112 valence electrons. The van der Waals surface area contributed by atoms with Gasteiger partial charge >= 0.3 is 0 Å². The van der Waals surface area contributed by atoms with Crippen molar-refractivity contribution >= 4 is 34.8 Å². The highest BCUT2D eigenvalue weighted by molar-refractivity contribution is 6.30. The molecule has 0 radical (unpaired) electrons. The fourth-order valence-electron chi connectivity index (χ4n) is 2.34. The predicted octanol–water partition coefficient (Wildman–Crippen LogP) is 5.30. The zero-order chi connectivity index (χ0) is 15.2. The third-order valence-corrected chi connectivity index (χ3v) is 4.18. The molecule has 0 aliphatic rings.